The minimum absolute atomic E-state index is 0.410. The number of hydrogen-bond acceptors (Lipinski definition) is 2. The maximum absolute atomic E-state index is 5.54. The highest BCUT2D eigenvalue weighted by atomic mass is 15.0. The number of rotatable bonds is 1. The van der Waals surface area contributed by atoms with E-state index >= 15 is 0 Å². The molecule has 240 valence electrons. The zero-order valence-electron chi connectivity index (χ0n) is 28.1. The predicted molar refractivity (Wildman–Crippen MR) is 188 cm³/mol. The van der Waals surface area contributed by atoms with Crippen LogP contribution in [-0.4, -0.2) is 14.4 Å². The highest BCUT2D eigenvalue weighted by molar-refractivity contribution is 6.25. The minimum Gasteiger partial charge on any atom is -0.305 e. The van der Waals surface area contributed by atoms with Gasteiger partial charge in [-0.05, 0) is 195 Å². The molecular formula is C45H45N3. The van der Waals surface area contributed by atoms with Gasteiger partial charge in [-0.15, -0.1) is 0 Å². The van der Waals surface area contributed by atoms with Crippen LogP contribution in [0, 0.1) is 52.3 Å². The lowest BCUT2D eigenvalue weighted by Crippen LogP contribution is -2.59. The van der Waals surface area contributed by atoms with Crippen LogP contribution < -0.4 is 0 Å². The van der Waals surface area contributed by atoms with Crippen molar-refractivity contribution in [1.29, 1.82) is 0 Å². The molecule has 12 aliphatic rings. The molecule has 3 nitrogen and oxygen atoms in total. The topological polar surface area (TPSA) is 30.2 Å². The van der Waals surface area contributed by atoms with Gasteiger partial charge in [0.25, 0.3) is 0 Å². The summed E-state index contributed by atoms with van der Waals surface area (Å²) < 4.78 is 2.72. The molecule has 3 heteroatoms. The van der Waals surface area contributed by atoms with Crippen molar-refractivity contribution < 1.29 is 0 Å². The molecule has 9 saturated carbocycles. The Morgan fingerprint density at radius 1 is 0.583 bits per heavy atom. The molecule has 12 aliphatic carbocycles. The van der Waals surface area contributed by atoms with E-state index < -0.39 is 0 Å². The normalized spacial score (nSPS) is 50.1. The van der Waals surface area contributed by atoms with Gasteiger partial charge in [-0.2, -0.15) is 0 Å². The maximum Gasteiger partial charge on any atom is 0.0728 e. The molecule has 0 aliphatic heterocycles. The summed E-state index contributed by atoms with van der Waals surface area (Å²) in [6.45, 7) is 0. The molecule has 12 atom stereocenters. The summed E-state index contributed by atoms with van der Waals surface area (Å²) in [5.41, 5.74) is 14.4. The molecular weight excluding hydrogens is 583 g/mol. The van der Waals surface area contributed by atoms with Gasteiger partial charge in [0.05, 0.1) is 28.9 Å². The third kappa shape index (κ3) is 2.26. The second-order valence-corrected chi connectivity index (χ2v) is 20.9. The van der Waals surface area contributed by atoms with Crippen LogP contribution in [0.5, 0.6) is 0 Å². The van der Waals surface area contributed by atoms with Gasteiger partial charge in [0.2, 0.25) is 0 Å². The van der Waals surface area contributed by atoms with Gasteiger partial charge in [0, 0.05) is 44.8 Å². The van der Waals surface area contributed by atoms with Crippen LogP contribution in [0.25, 0.3) is 38.1 Å². The van der Waals surface area contributed by atoms with Gasteiger partial charge in [-0.25, -0.2) is 0 Å². The largest absolute Gasteiger partial charge is 0.305 e. The van der Waals surface area contributed by atoms with Crippen molar-refractivity contribution in [3.05, 3.63) is 52.6 Å². The highest BCUT2D eigenvalue weighted by Crippen LogP contribution is 2.82. The molecule has 9 bridgehead atoms. The van der Waals surface area contributed by atoms with E-state index in [-0.39, 0.29) is 0 Å². The fraction of sp³-hybridized carbons (Fsp3) is 0.644. The van der Waals surface area contributed by atoms with Crippen molar-refractivity contribution in [2.45, 2.75) is 125 Å². The third-order valence-electron chi connectivity index (χ3n) is 19.8. The Kier molecular flexibility index (Phi) is 3.61. The molecule has 17 rings (SSSR count). The monoisotopic (exact) mass is 627 g/mol. The van der Waals surface area contributed by atoms with Crippen LogP contribution in [0.3, 0.4) is 0 Å². The Morgan fingerprint density at radius 3 is 2.12 bits per heavy atom. The molecule has 0 radical (unpaired) electrons. The molecule has 1 aromatic carbocycles. The van der Waals surface area contributed by atoms with Gasteiger partial charge >= 0.3 is 0 Å². The first kappa shape index (κ1) is 24.5. The first-order valence-corrected chi connectivity index (χ1v) is 20.6. The van der Waals surface area contributed by atoms with Gasteiger partial charge in [0.1, 0.15) is 0 Å². The quantitative estimate of drug-likeness (QED) is 0.185. The highest BCUT2D eigenvalue weighted by Gasteiger charge is 2.73. The van der Waals surface area contributed by atoms with Crippen molar-refractivity contribution >= 4 is 38.1 Å². The smallest absolute Gasteiger partial charge is 0.0728 e. The summed E-state index contributed by atoms with van der Waals surface area (Å²) in [5, 5.41) is 6.50. The second-order valence-electron chi connectivity index (χ2n) is 20.9. The number of fused-ring (bicyclic) bond motifs is 13. The zero-order valence-corrected chi connectivity index (χ0v) is 28.1. The van der Waals surface area contributed by atoms with Crippen molar-refractivity contribution in [2.24, 2.45) is 52.3 Å². The Morgan fingerprint density at radius 2 is 1.31 bits per heavy atom. The van der Waals surface area contributed by atoms with Crippen LogP contribution in [0.2, 0.25) is 0 Å². The van der Waals surface area contributed by atoms with Crippen LogP contribution in [-0.2, 0) is 5.41 Å². The molecule has 9 fully saturated rings. The summed E-state index contributed by atoms with van der Waals surface area (Å²) in [7, 11) is 0. The van der Waals surface area contributed by atoms with E-state index in [4.69, 9.17) is 9.97 Å². The number of benzene rings is 1. The molecule has 4 aromatic heterocycles. The number of aromatic nitrogens is 3. The van der Waals surface area contributed by atoms with Gasteiger partial charge in [0.15, 0.2) is 0 Å². The van der Waals surface area contributed by atoms with Crippen molar-refractivity contribution in [3.8, 4) is 0 Å². The summed E-state index contributed by atoms with van der Waals surface area (Å²) in [4.78, 5) is 11.1. The predicted octanol–water partition coefficient (Wildman–Crippen LogP) is 10.5. The fourth-order valence-electron chi connectivity index (χ4n) is 18.7. The van der Waals surface area contributed by atoms with E-state index in [1.165, 1.54) is 99.3 Å². The average molecular weight is 628 g/mol. The first-order chi connectivity index (χ1) is 23.6. The molecule has 2 spiro atoms. The molecule has 4 heterocycles. The molecule has 48 heavy (non-hydrogen) atoms. The van der Waals surface area contributed by atoms with Gasteiger partial charge < -0.3 is 4.40 Å². The Hall–Kier alpha value is -2.68. The minimum atomic E-state index is 0.410. The van der Waals surface area contributed by atoms with E-state index in [0.29, 0.717) is 28.1 Å². The SMILES string of the molecule is c1c(C23CC4CC5CC(C2)C5(C4)C3)cc2c3c4c(ncc3n3c5cnc6c(c5c1c23)C1CC2CC(CC6C2)C1)C1CC2CC3CC4CC321. The van der Waals surface area contributed by atoms with Crippen LogP contribution in [0.1, 0.15) is 148 Å². The summed E-state index contributed by atoms with van der Waals surface area (Å²) >= 11 is 0. The molecule has 12 unspecified atom stereocenters. The number of pyridine rings is 2. The first-order valence-electron chi connectivity index (χ1n) is 20.6. The van der Waals surface area contributed by atoms with Crippen molar-refractivity contribution in [2.75, 3.05) is 0 Å². The van der Waals surface area contributed by atoms with Crippen molar-refractivity contribution in [1.82, 2.24) is 14.4 Å². The Labute approximate surface area is 282 Å². The molecule has 0 N–H and O–H groups in total. The van der Waals surface area contributed by atoms with Gasteiger partial charge in [-0.1, -0.05) is 0 Å². The summed E-state index contributed by atoms with van der Waals surface area (Å²) in [6.07, 6.45) is 26.8. The average Bonchev–Trinajstić information content (AvgIpc) is 3.79. The van der Waals surface area contributed by atoms with E-state index in [1.54, 1.807) is 63.2 Å². The van der Waals surface area contributed by atoms with Crippen molar-refractivity contribution in [3.63, 3.8) is 0 Å². The lowest BCUT2D eigenvalue weighted by molar-refractivity contribution is -0.147. The lowest BCUT2D eigenvalue weighted by Gasteiger charge is -2.67. The van der Waals surface area contributed by atoms with Crippen LogP contribution >= 0.6 is 0 Å². The van der Waals surface area contributed by atoms with Gasteiger partial charge in [-0.3, -0.25) is 9.97 Å². The van der Waals surface area contributed by atoms with Crippen LogP contribution in [0.4, 0.5) is 0 Å². The molecule has 0 saturated heterocycles. The lowest BCUT2D eigenvalue weighted by atomic mass is 9.37. The summed E-state index contributed by atoms with van der Waals surface area (Å²) in [5.74, 6) is 9.76. The van der Waals surface area contributed by atoms with E-state index in [9.17, 15) is 0 Å². The van der Waals surface area contributed by atoms with E-state index in [1.807, 2.05) is 0 Å². The molecule has 5 aromatic rings. The number of nitrogens with zero attached hydrogens (tertiary/aromatic N) is 3. The fourth-order valence-corrected chi connectivity index (χ4v) is 18.7. The number of hydrogen-bond donors (Lipinski definition) is 0. The third-order valence-corrected chi connectivity index (χ3v) is 19.8. The molecule has 0 amide bonds. The Bertz CT molecular complexity index is 2400. The Balaban J connectivity index is 1.05. The standard InChI is InChI=1S/C45H45N3/c1-20-2-23-3-21(1)5-24(4-20)40-36(23)38-31-10-26(43-13-22-6-27-8-30(16-43)44(27,14-22)19-43)11-32-39-35(48(42(31)32)34(38)17-46-40)18-47-41-33-12-29-9-28-7-25(37(39)41)15-45(28,29)33/h10-11,17-18,20-25,27-30,33H,1-9,12-16,19H2. The van der Waals surface area contributed by atoms with E-state index in [0.717, 1.165) is 53.3 Å². The van der Waals surface area contributed by atoms with Crippen LogP contribution in [0.15, 0.2) is 24.5 Å². The second kappa shape index (κ2) is 7.09. The zero-order chi connectivity index (χ0) is 30.2. The summed E-state index contributed by atoms with van der Waals surface area (Å²) in [6, 6.07) is 5.67. The maximum atomic E-state index is 5.54. The van der Waals surface area contributed by atoms with E-state index in [2.05, 4.69) is 28.9 Å².